The van der Waals surface area contributed by atoms with E-state index in [-0.39, 0.29) is 17.2 Å². The maximum atomic E-state index is 13.1. The van der Waals surface area contributed by atoms with Crippen molar-refractivity contribution in [3.8, 4) is 5.75 Å². The second-order valence-electron chi connectivity index (χ2n) is 7.68. The van der Waals surface area contributed by atoms with E-state index in [4.69, 9.17) is 21.9 Å². The minimum atomic E-state index is -0.723. The molecule has 0 spiro atoms. The summed E-state index contributed by atoms with van der Waals surface area (Å²) in [6.45, 7) is 1.87. The fourth-order valence-corrected chi connectivity index (χ4v) is 3.69. The molecular formula is C23H29FN6O2. The third kappa shape index (κ3) is 5.36. The summed E-state index contributed by atoms with van der Waals surface area (Å²) in [6.07, 6.45) is 2.95. The summed E-state index contributed by atoms with van der Waals surface area (Å²) in [6, 6.07) is 13.3. The lowest BCUT2D eigenvalue weighted by molar-refractivity contribution is -0.114. The van der Waals surface area contributed by atoms with Crippen molar-refractivity contribution in [2.45, 2.75) is 18.4 Å². The summed E-state index contributed by atoms with van der Waals surface area (Å²) in [5.41, 5.74) is 18.7. The number of halogens is 1. The molecule has 0 unspecified atom stereocenters. The highest BCUT2D eigenvalue weighted by Crippen LogP contribution is 2.32. The average Bonchev–Trinajstić information content (AvgIpc) is 2.81. The molecule has 7 N–H and O–H groups in total. The number of aliphatic imine (C=N–C) groups is 1. The van der Waals surface area contributed by atoms with E-state index in [9.17, 15) is 9.18 Å². The number of primary amides is 1. The summed E-state index contributed by atoms with van der Waals surface area (Å²) in [4.78, 5) is 18.4. The van der Waals surface area contributed by atoms with Crippen LogP contribution in [0.4, 0.5) is 15.8 Å². The Balaban J connectivity index is 1.74. The van der Waals surface area contributed by atoms with Gasteiger partial charge in [0, 0.05) is 25.8 Å². The molecule has 9 heteroatoms. The van der Waals surface area contributed by atoms with Gasteiger partial charge in [0.15, 0.2) is 0 Å². The Bertz CT molecular complexity index is 998. The lowest BCUT2D eigenvalue weighted by Gasteiger charge is -2.42. The van der Waals surface area contributed by atoms with E-state index in [0.717, 1.165) is 37.4 Å². The number of carbonyl (C=O) groups excluding carboxylic acids is 1. The first-order valence-corrected chi connectivity index (χ1v) is 10.3. The predicted octanol–water partition coefficient (Wildman–Crippen LogP) is 1.78. The Kier molecular flexibility index (Phi) is 7.32. The quantitative estimate of drug-likeness (QED) is 0.281. The van der Waals surface area contributed by atoms with E-state index in [1.165, 1.54) is 30.5 Å². The van der Waals surface area contributed by atoms with Crippen LogP contribution in [0.1, 0.15) is 12.8 Å². The van der Waals surface area contributed by atoms with E-state index in [1.54, 1.807) is 7.11 Å². The van der Waals surface area contributed by atoms with Crippen LogP contribution >= 0.6 is 0 Å². The largest absolute Gasteiger partial charge is 0.495 e. The van der Waals surface area contributed by atoms with Gasteiger partial charge in [-0.3, -0.25) is 4.79 Å². The van der Waals surface area contributed by atoms with Gasteiger partial charge >= 0.3 is 0 Å². The first-order chi connectivity index (χ1) is 15.4. The van der Waals surface area contributed by atoms with Crippen molar-refractivity contribution in [1.82, 2.24) is 5.32 Å². The molecule has 0 bridgehead atoms. The number of ether oxygens (including phenoxy) is 1. The topological polar surface area (TPSA) is 132 Å². The number of amidine groups is 1. The molecule has 32 heavy (non-hydrogen) atoms. The Morgan fingerprint density at radius 2 is 1.84 bits per heavy atom. The molecule has 1 fully saturated rings. The number of hydrogen-bond donors (Lipinski definition) is 4. The van der Waals surface area contributed by atoms with Crippen molar-refractivity contribution in [3.05, 3.63) is 66.1 Å². The summed E-state index contributed by atoms with van der Waals surface area (Å²) in [7, 11) is 1.66. The lowest BCUT2D eigenvalue weighted by atomic mass is 9.87. The minimum absolute atomic E-state index is 0.0364. The molecule has 8 nitrogen and oxygen atoms in total. The highest BCUT2D eigenvalue weighted by atomic mass is 19.1. The third-order valence-corrected chi connectivity index (χ3v) is 5.68. The summed E-state index contributed by atoms with van der Waals surface area (Å²) >= 11 is 0. The van der Waals surface area contributed by atoms with Crippen LogP contribution in [-0.4, -0.2) is 44.0 Å². The van der Waals surface area contributed by atoms with Crippen molar-refractivity contribution < 1.29 is 13.9 Å². The molecule has 1 amide bonds. The number of nitrogens with two attached hydrogens (primary N) is 3. The molecular weight excluding hydrogens is 411 g/mol. The molecule has 1 aliphatic heterocycles. The van der Waals surface area contributed by atoms with Gasteiger partial charge in [-0.1, -0.05) is 12.1 Å². The molecule has 0 saturated carbocycles. The van der Waals surface area contributed by atoms with Crippen LogP contribution in [-0.2, 0) is 4.79 Å². The van der Waals surface area contributed by atoms with Crippen LogP contribution in [0.5, 0.6) is 5.75 Å². The number of methoxy groups -OCH3 is 1. The van der Waals surface area contributed by atoms with Crippen LogP contribution in [0.3, 0.4) is 0 Å². The first kappa shape index (κ1) is 23.1. The number of rotatable bonds is 8. The second-order valence-corrected chi connectivity index (χ2v) is 7.68. The minimum Gasteiger partial charge on any atom is -0.495 e. The highest BCUT2D eigenvalue weighted by molar-refractivity contribution is 6.20. The zero-order valence-electron chi connectivity index (χ0n) is 18.1. The van der Waals surface area contributed by atoms with E-state index < -0.39 is 11.4 Å². The van der Waals surface area contributed by atoms with Gasteiger partial charge < -0.3 is 32.2 Å². The van der Waals surface area contributed by atoms with Crippen LogP contribution in [0.2, 0.25) is 0 Å². The Labute approximate surface area is 186 Å². The fourth-order valence-electron chi connectivity index (χ4n) is 3.69. The molecule has 0 atom stereocenters. The molecule has 0 aliphatic carbocycles. The average molecular weight is 441 g/mol. The zero-order valence-corrected chi connectivity index (χ0v) is 18.1. The molecule has 2 aromatic carbocycles. The van der Waals surface area contributed by atoms with Crippen molar-refractivity contribution in [2.75, 3.05) is 31.6 Å². The summed E-state index contributed by atoms with van der Waals surface area (Å²) < 4.78 is 18.6. The standard InChI is InChI=1S/C23H29FN6O2/c1-32-20-5-3-2-4-19(20)30-12-10-23(15-25,11-13-30)28-14-18(22(27)31)21(26)29-17-8-6-16(24)7-9-17/h2-9,14,28H,10-13,15,25H2,1H3,(H2,26,29)(H2,27,31)/b18-14+. The number of para-hydroxylation sites is 2. The molecule has 3 rings (SSSR count). The first-order valence-electron chi connectivity index (χ1n) is 10.3. The number of piperidine rings is 1. The summed E-state index contributed by atoms with van der Waals surface area (Å²) in [5.74, 6) is -0.352. The van der Waals surface area contributed by atoms with Gasteiger partial charge in [0.2, 0.25) is 0 Å². The van der Waals surface area contributed by atoms with Crippen LogP contribution < -0.4 is 32.2 Å². The molecule has 0 radical (unpaired) electrons. The number of benzene rings is 2. The molecule has 1 saturated heterocycles. The lowest BCUT2D eigenvalue weighted by Crippen LogP contribution is -2.56. The van der Waals surface area contributed by atoms with Gasteiger partial charge in [0.25, 0.3) is 5.91 Å². The van der Waals surface area contributed by atoms with Crippen molar-refractivity contribution >= 4 is 23.1 Å². The van der Waals surface area contributed by atoms with E-state index in [1.807, 2.05) is 24.3 Å². The highest BCUT2D eigenvalue weighted by Gasteiger charge is 2.33. The maximum absolute atomic E-state index is 13.1. The third-order valence-electron chi connectivity index (χ3n) is 5.68. The Morgan fingerprint density at radius 3 is 2.44 bits per heavy atom. The van der Waals surface area contributed by atoms with Crippen molar-refractivity contribution in [3.63, 3.8) is 0 Å². The molecule has 0 aromatic heterocycles. The molecule has 170 valence electrons. The van der Waals surface area contributed by atoms with Gasteiger partial charge in [-0.05, 0) is 49.2 Å². The molecule has 1 heterocycles. The van der Waals surface area contributed by atoms with Crippen molar-refractivity contribution in [2.24, 2.45) is 22.2 Å². The smallest absolute Gasteiger partial charge is 0.253 e. The maximum Gasteiger partial charge on any atom is 0.253 e. The number of anilines is 1. The van der Waals surface area contributed by atoms with E-state index >= 15 is 0 Å². The molecule has 1 aliphatic rings. The molecule has 2 aromatic rings. The Morgan fingerprint density at radius 1 is 1.19 bits per heavy atom. The van der Waals surface area contributed by atoms with E-state index in [2.05, 4.69) is 15.2 Å². The van der Waals surface area contributed by atoms with Gasteiger partial charge in [-0.25, -0.2) is 9.38 Å². The summed E-state index contributed by atoms with van der Waals surface area (Å²) in [5, 5.41) is 3.28. The number of amides is 1. The predicted molar refractivity (Wildman–Crippen MR) is 124 cm³/mol. The second kappa shape index (κ2) is 10.1. The van der Waals surface area contributed by atoms with E-state index in [0.29, 0.717) is 12.2 Å². The van der Waals surface area contributed by atoms with Crippen LogP contribution in [0.15, 0.2) is 65.3 Å². The monoisotopic (exact) mass is 440 g/mol. The fraction of sp³-hybridized carbons (Fsp3) is 0.304. The van der Waals surface area contributed by atoms with Crippen LogP contribution in [0.25, 0.3) is 0 Å². The van der Waals surface area contributed by atoms with Gasteiger partial charge in [0.05, 0.1) is 29.6 Å². The normalized spacial score (nSPS) is 16.5. The number of hydrogen-bond acceptors (Lipinski definition) is 6. The number of nitrogens with one attached hydrogen (secondary N) is 1. The SMILES string of the molecule is COc1ccccc1N1CCC(CN)(N/C=C(/C(N)=O)C(N)=Nc2ccc(F)cc2)CC1. The van der Waals surface area contributed by atoms with Gasteiger partial charge in [-0.15, -0.1) is 0 Å². The zero-order chi connectivity index (χ0) is 23.1. The number of carbonyl (C=O) groups is 1. The van der Waals surface area contributed by atoms with Crippen LogP contribution in [0, 0.1) is 5.82 Å². The number of nitrogens with zero attached hydrogens (tertiary/aromatic N) is 2. The Hall–Kier alpha value is -3.59. The van der Waals surface area contributed by atoms with Gasteiger partial charge in [-0.2, -0.15) is 0 Å². The van der Waals surface area contributed by atoms with Gasteiger partial charge in [0.1, 0.15) is 17.4 Å². The van der Waals surface area contributed by atoms with Crippen molar-refractivity contribution in [1.29, 1.82) is 0 Å².